The number of nitrogens with two attached hydrogens (primary N) is 1. The van der Waals surface area contributed by atoms with Gasteiger partial charge in [0.1, 0.15) is 0 Å². The number of nitrogens with one attached hydrogen (secondary N) is 1. The van der Waals surface area contributed by atoms with Crippen molar-refractivity contribution in [1.29, 1.82) is 0 Å². The number of hydrogen-bond acceptors (Lipinski definition) is 5. The van der Waals surface area contributed by atoms with Crippen LogP contribution in [0, 0.1) is 5.92 Å². The topological polar surface area (TPSA) is 95.1 Å². The molecule has 0 spiro atoms. The van der Waals surface area contributed by atoms with Gasteiger partial charge in [0.25, 0.3) is 5.91 Å². The number of rotatable bonds is 5. The minimum atomic E-state index is -0.437. The molecule has 2 atom stereocenters. The van der Waals surface area contributed by atoms with Gasteiger partial charge in [-0.25, -0.2) is 10.5 Å². The SMILES string of the molecule is CC1CCCC(OCCn2cc(C(=O)NN)nn2)C1. The average molecular weight is 267 g/mol. The third-order valence-corrected chi connectivity index (χ3v) is 3.46. The number of hydrazine groups is 1. The summed E-state index contributed by atoms with van der Waals surface area (Å²) in [6.07, 6.45) is 6.76. The molecule has 0 aliphatic heterocycles. The van der Waals surface area contributed by atoms with E-state index in [2.05, 4.69) is 17.2 Å². The standard InChI is InChI=1S/C12H21N5O2/c1-9-3-2-4-10(7-9)19-6-5-17-8-11(15-16-17)12(18)14-13/h8-10H,2-7,13H2,1H3,(H,14,18). The molecule has 1 saturated carbocycles. The van der Waals surface area contributed by atoms with E-state index in [0.717, 1.165) is 18.8 Å². The van der Waals surface area contributed by atoms with Crippen molar-refractivity contribution in [2.45, 2.75) is 45.3 Å². The molecular weight excluding hydrogens is 246 g/mol. The molecule has 0 radical (unpaired) electrons. The lowest BCUT2D eigenvalue weighted by Crippen LogP contribution is -2.30. The zero-order valence-corrected chi connectivity index (χ0v) is 11.2. The zero-order valence-electron chi connectivity index (χ0n) is 11.2. The molecule has 7 nitrogen and oxygen atoms in total. The smallest absolute Gasteiger partial charge is 0.287 e. The lowest BCUT2D eigenvalue weighted by Gasteiger charge is -2.26. The molecule has 1 amide bonds. The minimum Gasteiger partial charge on any atom is -0.376 e. The van der Waals surface area contributed by atoms with Gasteiger partial charge in [0.05, 0.1) is 25.5 Å². The van der Waals surface area contributed by atoms with Crippen LogP contribution in [-0.2, 0) is 11.3 Å². The molecule has 0 bridgehead atoms. The molecule has 7 heteroatoms. The van der Waals surface area contributed by atoms with Crippen molar-refractivity contribution >= 4 is 5.91 Å². The normalized spacial score (nSPS) is 23.3. The lowest BCUT2D eigenvalue weighted by molar-refractivity contribution is 0.0105. The van der Waals surface area contributed by atoms with Crippen LogP contribution in [0.2, 0.25) is 0 Å². The van der Waals surface area contributed by atoms with E-state index in [4.69, 9.17) is 10.6 Å². The summed E-state index contributed by atoms with van der Waals surface area (Å²) in [5, 5.41) is 7.58. The monoisotopic (exact) mass is 267 g/mol. The van der Waals surface area contributed by atoms with Crippen molar-refractivity contribution in [3.63, 3.8) is 0 Å². The van der Waals surface area contributed by atoms with Gasteiger partial charge in [0.15, 0.2) is 5.69 Å². The van der Waals surface area contributed by atoms with E-state index < -0.39 is 5.91 Å². The van der Waals surface area contributed by atoms with Crippen LogP contribution in [0.4, 0.5) is 0 Å². The quantitative estimate of drug-likeness (QED) is 0.459. The first-order valence-electron chi connectivity index (χ1n) is 6.71. The van der Waals surface area contributed by atoms with E-state index in [-0.39, 0.29) is 5.69 Å². The highest BCUT2D eigenvalue weighted by Gasteiger charge is 2.19. The number of carbonyl (C=O) groups is 1. The third-order valence-electron chi connectivity index (χ3n) is 3.46. The predicted molar refractivity (Wildman–Crippen MR) is 69.0 cm³/mol. The van der Waals surface area contributed by atoms with Gasteiger partial charge in [-0.2, -0.15) is 0 Å². The van der Waals surface area contributed by atoms with Crippen molar-refractivity contribution in [2.24, 2.45) is 11.8 Å². The fraction of sp³-hybridized carbons (Fsp3) is 0.750. The van der Waals surface area contributed by atoms with Gasteiger partial charge in [-0.05, 0) is 18.8 Å². The van der Waals surface area contributed by atoms with E-state index in [1.807, 2.05) is 5.43 Å². The Balaban J connectivity index is 1.73. The summed E-state index contributed by atoms with van der Waals surface area (Å²) in [5.41, 5.74) is 2.24. The van der Waals surface area contributed by atoms with Crippen LogP contribution in [0.1, 0.15) is 43.1 Å². The van der Waals surface area contributed by atoms with Gasteiger partial charge in [0.2, 0.25) is 0 Å². The lowest BCUT2D eigenvalue weighted by atomic mass is 9.89. The number of amides is 1. The fourth-order valence-electron chi connectivity index (χ4n) is 2.43. The van der Waals surface area contributed by atoms with Crippen molar-refractivity contribution in [3.05, 3.63) is 11.9 Å². The van der Waals surface area contributed by atoms with Gasteiger partial charge in [-0.1, -0.05) is 25.0 Å². The molecule has 0 aromatic carbocycles. The summed E-state index contributed by atoms with van der Waals surface area (Å²) in [5.74, 6) is 5.34. The highest BCUT2D eigenvalue weighted by molar-refractivity contribution is 5.91. The molecule has 19 heavy (non-hydrogen) atoms. The van der Waals surface area contributed by atoms with Gasteiger partial charge < -0.3 is 4.74 Å². The van der Waals surface area contributed by atoms with Crippen LogP contribution in [0.5, 0.6) is 0 Å². The Bertz CT molecular complexity index is 420. The summed E-state index contributed by atoms with van der Waals surface area (Å²) in [6.45, 7) is 3.45. The van der Waals surface area contributed by atoms with Gasteiger partial charge >= 0.3 is 0 Å². The van der Waals surface area contributed by atoms with Crippen LogP contribution in [0.25, 0.3) is 0 Å². The second kappa shape index (κ2) is 6.63. The Hall–Kier alpha value is -1.47. The van der Waals surface area contributed by atoms with Crippen LogP contribution < -0.4 is 11.3 Å². The first-order valence-corrected chi connectivity index (χ1v) is 6.71. The molecular formula is C12H21N5O2. The Morgan fingerprint density at radius 1 is 1.63 bits per heavy atom. The highest BCUT2D eigenvalue weighted by atomic mass is 16.5. The molecule has 2 rings (SSSR count). The predicted octanol–water partition coefficient (Wildman–Crippen LogP) is 0.477. The van der Waals surface area contributed by atoms with Crippen molar-refractivity contribution in [2.75, 3.05) is 6.61 Å². The fourth-order valence-corrected chi connectivity index (χ4v) is 2.43. The molecule has 1 aromatic heterocycles. The Kier molecular flexibility index (Phi) is 4.86. The molecule has 2 unspecified atom stereocenters. The Labute approximate surface area is 112 Å². The van der Waals surface area contributed by atoms with E-state index >= 15 is 0 Å². The van der Waals surface area contributed by atoms with Crippen LogP contribution in [-0.4, -0.2) is 33.6 Å². The number of carbonyl (C=O) groups excluding carboxylic acids is 1. The van der Waals surface area contributed by atoms with E-state index in [1.54, 1.807) is 10.9 Å². The number of nitrogens with zero attached hydrogens (tertiary/aromatic N) is 3. The van der Waals surface area contributed by atoms with Crippen LogP contribution in [0.3, 0.4) is 0 Å². The summed E-state index contributed by atoms with van der Waals surface area (Å²) in [6, 6.07) is 0. The Morgan fingerprint density at radius 2 is 2.47 bits per heavy atom. The van der Waals surface area contributed by atoms with Crippen molar-refractivity contribution in [1.82, 2.24) is 20.4 Å². The molecule has 3 N–H and O–H groups in total. The Morgan fingerprint density at radius 3 is 3.21 bits per heavy atom. The largest absolute Gasteiger partial charge is 0.376 e. The maximum atomic E-state index is 11.2. The van der Waals surface area contributed by atoms with Gasteiger partial charge in [0, 0.05) is 0 Å². The molecule has 0 saturated heterocycles. The van der Waals surface area contributed by atoms with E-state index in [1.165, 1.54) is 12.8 Å². The van der Waals surface area contributed by atoms with E-state index in [0.29, 0.717) is 19.3 Å². The number of nitrogen functional groups attached to an aromatic ring is 1. The zero-order chi connectivity index (χ0) is 13.7. The minimum absolute atomic E-state index is 0.216. The average Bonchev–Trinajstić information content (AvgIpc) is 2.87. The molecule has 1 fully saturated rings. The highest BCUT2D eigenvalue weighted by Crippen LogP contribution is 2.25. The van der Waals surface area contributed by atoms with Crippen LogP contribution >= 0.6 is 0 Å². The molecule has 106 valence electrons. The van der Waals surface area contributed by atoms with Gasteiger partial charge in [-0.15, -0.1) is 5.10 Å². The van der Waals surface area contributed by atoms with Crippen molar-refractivity contribution < 1.29 is 9.53 Å². The molecule has 1 aliphatic rings. The van der Waals surface area contributed by atoms with Crippen molar-refractivity contribution in [3.8, 4) is 0 Å². The summed E-state index contributed by atoms with van der Waals surface area (Å²) in [4.78, 5) is 11.2. The maximum Gasteiger partial charge on any atom is 0.287 e. The molecule has 1 heterocycles. The first kappa shape index (κ1) is 14.0. The number of aromatic nitrogens is 3. The number of hydrogen-bond donors (Lipinski definition) is 2. The van der Waals surface area contributed by atoms with Gasteiger partial charge in [-0.3, -0.25) is 10.2 Å². The number of ether oxygens (including phenoxy) is 1. The summed E-state index contributed by atoms with van der Waals surface area (Å²) >= 11 is 0. The maximum absolute atomic E-state index is 11.2. The van der Waals surface area contributed by atoms with Crippen LogP contribution in [0.15, 0.2) is 6.20 Å². The molecule has 1 aromatic rings. The molecule has 1 aliphatic carbocycles. The second-order valence-corrected chi connectivity index (χ2v) is 5.10. The second-order valence-electron chi connectivity index (χ2n) is 5.10. The summed E-state index contributed by atoms with van der Waals surface area (Å²) in [7, 11) is 0. The van der Waals surface area contributed by atoms with E-state index in [9.17, 15) is 4.79 Å². The first-order chi connectivity index (χ1) is 9.19. The third kappa shape index (κ3) is 4.00. The summed E-state index contributed by atoms with van der Waals surface area (Å²) < 4.78 is 7.43.